The standard InChI is InChI=1S/C12H22O5/c1-5-13-11(14-6-2)9-10-12(17-11,15-7-3)16-8-4/h9-10H,5-8H2,1-4H3. The Labute approximate surface area is 103 Å². The van der Waals surface area contributed by atoms with Gasteiger partial charge in [-0.25, -0.2) is 0 Å². The zero-order valence-corrected chi connectivity index (χ0v) is 11.0. The van der Waals surface area contributed by atoms with Crippen LogP contribution in [0.25, 0.3) is 0 Å². The van der Waals surface area contributed by atoms with E-state index in [1.54, 1.807) is 12.2 Å². The summed E-state index contributed by atoms with van der Waals surface area (Å²) in [5.41, 5.74) is 0. The minimum Gasteiger partial charge on any atom is -0.324 e. The highest BCUT2D eigenvalue weighted by Crippen LogP contribution is 2.35. The summed E-state index contributed by atoms with van der Waals surface area (Å²) < 4.78 is 27.6. The molecule has 0 aromatic heterocycles. The van der Waals surface area contributed by atoms with E-state index in [1.165, 1.54) is 0 Å². The third kappa shape index (κ3) is 3.50. The summed E-state index contributed by atoms with van der Waals surface area (Å²) in [6.07, 6.45) is 3.37. The SMILES string of the molecule is CCOC1(OCC)C=CC(OCC)(OCC)O1. The lowest BCUT2D eigenvalue weighted by Crippen LogP contribution is -2.44. The highest BCUT2D eigenvalue weighted by Gasteiger charge is 2.48. The van der Waals surface area contributed by atoms with E-state index in [0.29, 0.717) is 26.4 Å². The van der Waals surface area contributed by atoms with Crippen molar-refractivity contribution in [3.8, 4) is 0 Å². The largest absolute Gasteiger partial charge is 0.324 e. The molecule has 0 radical (unpaired) electrons. The summed E-state index contributed by atoms with van der Waals surface area (Å²) in [5, 5.41) is 0. The Balaban J connectivity index is 2.77. The molecule has 0 bridgehead atoms. The van der Waals surface area contributed by atoms with Gasteiger partial charge in [0.1, 0.15) is 0 Å². The Kier molecular flexibility index (Phi) is 5.55. The highest BCUT2D eigenvalue weighted by atomic mass is 17.0. The van der Waals surface area contributed by atoms with Crippen molar-refractivity contribution >= 4 is 0 Å². The first-order valence-corrected chi connectivity index (χ1v) is 6.12. The molecule has 0 aromatic carbocycles. The van der Waals surface area contributed by atoms with E-state index in [2.05, 4.69) is 0 Å². The van der Waals surface area contributed by atoms with Crippen LogP contribution in [0.3, 0.4) is 0 Å². The van der Waals surface area contributed by atoms with Crippen LogP contribution in [0.1, 0.15) is 27.7 Å². The van der Waals surface area contributed by atoms with Gasteiger partial charge in [0.15, 0.2) is 0 Å². The van der Waals surface area contributed by atoms with Crippen molar-refractivity contribution in [3.63, 3.8) is 0 Å². The second-order valence-corrected chi connectivity index (χ2v) is 3.37. The normalized spacial score (nSPS) is 20.9. The fourth-order valence-corrected chi connectivity index (χ4v) is 1.67. The lowest BCUT2D eigenvalue weighted by Gasteiger charge is -2.33. The molecule has 1 rings (SSSR count). The zero-order valence-electron chi connectivity index (χ0n) is 11.0. The highest BCUT2D eigenvalue weighted by molar-refractivity contribution is 5.05. The van der Waals surface area contributed by atoms with Gasteiger partial charge in [-0.15, -0.1) is 0 Å². The molecule has 1 aliphatic heterocycles. The molecule has 5 nitrogen and oxygen atoms in total. The molecule has 0 fully saturated rings. The van der Waals surface area contributed by atoms with E-state index in [0.717, 1.165) is 0 Å². The Morgan fingerprint density at radius 2 is 1.00 bits per heavy atom. The fraction of sp³-hybridized carbons (Fsp3) is 0.833. The van der Waals surface area contributed by atoms with Gasteiger partial charge in [-0.05, 0) is 27.7 Å². The first kappa shape index (κ1) is 14.6. The molecule has 0 unspecified atom stereocenters. The molecule has 1 heterocycles. The van der Waals surface area contributed by atoms with Gasteiger partial charge in [0.05, 0.1) is 0 Å². The van der Waals surface area contributed by atoms with Crippen molar-refractivity contribution in [1.29, 1.82) is 0 Å². The molecule has 1 aliphatic rings. The van der Waals surface area contributed by atoms with Gasteiger partial charge in [0.2, 0.25) is 0 Å². The molecule has 100 valence electrons. The average molecular weight is 246 g/mol. The van der Waals surface area contributed by atoms with E-state index in [4.69, 9.17) is 23.7 Å². The summed E-state index contributed by atoms with van der Waals surface area (Å²) in [5.74, 6) is -2.40. The molecule has 17 heavy (non-hydrogen) atoms. The molecular weight excluding hydrogens is 224 g/mol. The van der Waals surface area contributed by atoms with E-state index in [-0.39, 0.29) is 0 Å². The molecule has 5 heteroatoms. The van der Waals surface area contributed by atoms with E-state index >= 15 is 0 Å². The Morgan fingerprint density at radius 1 is 0.706 bits per heavy atom. The van der Waals surface area contributed by atoms with Crippen LogP contribution in [0.15, 0.2) is 12.2 Å². The number of hydrogen-bond acceptors (Lipinski definition) is 5. The van der Waals surface area contributed by atoms with Crippen LogP contribution in [-0.4, -0.2) is 38.4 Å². The number of rotatable bonds is 8. The van der Waals surface area contributed by atoms with Crippen molar-refractivity contribution in [2.45, 2.75) is 39.6 Å². The minimum absolute atomic E-state index is 0.471. The van der Waals surface area contributed by atoms with Crippen LogP contribution < -0.4 is 0 Å². The zero-order chi connectivity index (χ0) is 12.8. The molecule has 0 aromatic rings. The smallest absolute Gasteiger partial charge is 0.309 e. The number of hydrogen-bond donors (Lipinski definition) is 0. The van der Waals surface area contributed by atoms with Gasteiger partial charge in [0, 0.05) is 38.6 Å². The Bertz CT molecular complexity index is 215. The van der Waals surface area contributed by atoms with Crippen molar-refractivity contribution in [3.05, 3.63) is 12.2 Å². The maximum atomic E-state index is 5.70. The Hall–Kier alpha value is -0.460. The quantitative estimate of drug-likeness (QED) is 0.484. The van der Waals surface area contributed by atoms with Crippen molar-refractivity contribution < 1.29 is 23.7 Å². The number of ether oxygens (including phenoxy) is 5. The lowest BCUT2D eigenvalue weighted by atomic mass is 10.4. The average Bonchev–Trinajstić information content (AvgIpc) is 2.60. The van der Waals surface area contributed by atoms with Crippen LogP contribution in [0, 0.1) is 0 Å². The van der Waals surface area contributed by atoms with Crippen LogP contribution in [-0.2, 0) is 23.7 Å². The van der Waals surface area contributed by atoms with Gasteiger partial charge in [0.25, 0.3) is 0 Å². The predicted molar refractivity (Wildman–Crippen MR) is 62.2 cm³/mol. The van der Waals surface area contributed by atoms with Crippen molar-refractivity contribution in [2.24, 2.45) is 0 Å². The van der Waals surface area contributed by atoms with E-state index < -0.39 is 11.9 Å². The topological polar surface area (TPSA) is 46.2 Å². The molecule has 0 atom stereocenters. The first-order valence-electron chi connectivity index (χ1n) is 6.12. The van der Waals surface area contributed by atoms with Gasteiger partial charge < -0.3 is 18.9 Å². The Morgan fingerprint density at radius 3 is 1.24 bits per heavy atom. The van der Waals surface area contributed by atoms with Crippen LogP contribution in [0.4, 0.5) is 0 Å². The molecule has 0 saturated carbocycles. The first-order chi connectivity index (χ1) is 8.16. The van der Waals surface area contributed by atoms with Gasteiger partial charge in [-0.2, -0.15) is 0 Å². The molecule has 0 saturated heterocycles. The second kappa shape index (κ2) is 6.47. The lowest BCUT2D eigenvalue weighted by molar-refractivity contribution is -0.455. The molecule has 0 amide bonds. The second-order valence-electron chi connectivity index (χ2n) is 3.37. The minimum atomic E-state index is -1.20. The molecular formula is C12H22O5. The third-order valence-corrected chi connectivity index (χ3v) is 2.16. The van der Waals surface area contributed by atoms with Crippen molar-refractivity contribution in [2.75, 3.05) is 26.4 Å². The molecule has 0 aliphatic carbocycles. The van der Waals surface area contributed by atoms with Crippen LogP contribution >= 0.6 is 0 Å². The molecule has 0 N–H and O–H groups in total. The summed E-state index contributed by atoms with van der Waals surface area (Å²) in [4.78, 5) is 0. The van der Waals surface area contributed by atoms with Gasteiger partial charge in [-0.1, -0.05) is 0 Å². The van der Waals surface area contributed by atoms with E-state index in [1.807, 2.05) is 27.7 Å². The summed E-state index contributed by atoms with van der Waals surface area (Å²) in [7, 11) is 0. The van der Waals surface area contributed by atoms with Crippen LogP contribution in [0.5, 0.6) is 0 Å². The fourth-order valence-electron chi connectivity index (χ4n) is 1.67. The van der Waals surface area contributed by atoms with Crippen LogP contribution in [0.2, 0.25) is 0 Å². The summed E-state index contributed by atoms with van der Waals surface area (Å²) in [6, 6.07) is 0. The summed E-state index contributed by atoms with van der Waals surface area (Å²) >= 11 is 0. The predicted octanol–water partition coefficient (Wildman–Crippen LogP) is 2.03. The van der Waals surface area contributed by atoms with Gasteiger partial charge in [-0.3, -0.25) is 4.74 Å². The monoisotopic (exact) mass is 246 g/mol. The maximum absolute atomic E-state index is 5.70. The maximum Gasteiger partial charge on any atom is 0.309 e. The van der Waals surface area contributed by atoms with E-state index in [9.17, 15) is 0 Å². The summed E-state index contributed by atoms with van der Waals surface area (Å²) in [6.45, 7) is 9.38. The molecule has 0 spiro atoms. The third-order valence-electron chi connectivity index (χ3n) is 2.16. The van der Waals surface area contributed by atoms with Gasteiger partial charge >= 0.3 is 11.9 Å². The van der Waals surface area contributed by atoms with Crippen molar-refractivity contribution in [1.82, 2.24) is 0 Å².